The Kier molecular flexibility index (Phi) is 4.77. The summed E-state index contributed by atoms with van der Waals surface area (Å²) in [6, 6.07) is 15.5. The van der Waals surface area contributed by atoms with Crippen molar-refractivity contribution < 1.29 is 9.52 Å². The number of aliphatic imine (C=N–C) groups is 1. The summed E-state index contributed by atoms with van der Waals surface area (Å²) in [7, 11) is 0. The van der Waals surface area contributed by atoms with Crippen molar-refractivity contribution in [2.45, 2.75) is 20.8 Å². The molecule has 0 aliphatic heterocycles. The fourth-order valence-corrected chi connectivity index (χ4v) is 3.59. The van der Waals surface area contributed by atoms with Gasteiger partial charge in [-0.3, -0.25) is 4.99 Å². The quantitative estimate of drug-likeness (QED) is 0.367. The summed E-state index contributed by atoms with van der Waals surface area (Å²) in [6.07, 6.45) is 1.65. The number of phenolic OH excluding ortho intramolecular Hbond substituents is 1. The van der Waals surface area contributed by atoms with E-state index < -0.39 is 0 Å². The Morgan fingerprint density at radius 2 is 1.82 bits per heavy atom. The number of fused-ring (bicyclic) bond motifs is 1. The second-order valence-electron chi connectivity index (χ2n) is 6.91. The topological polar surface area (TPSA) is 58.6 Å². The zero-order chi connectivity index (χ0) is 19.8. The van der Waals surface area contributed by atoms with Crippen LogP contribution in [0.3, 0.4) is 0 Å². The van der Waals surface area contributed by atoms with Crippen molar-refractivity contribution in [2.24, 2.45) is 4.99 Å². The van der Waals surface area contributed by atoms with Crippen LogP contribution in [0.2, 0.25) is 0 Å². The van der Waals surface area contributed by atoms with Crippen LogP contribution in [0.5, 0.6) is 5.75 Å². The van der Waals surface area contributed by atoms with Crippen LogP contribution in [0, 0.1) is 20.8 Å². The summed E-state index contributed by atoms with van der Waals surface area (Å²) < 4.78 is 6.56. The normalized spacial score (nSPS) is 11.6. The van der Waals surface area contributed by atoms with Gasteiger partial charge in [0.15, 0.2) is 5.58 Å². The number of rotatable bonds is 3. The predicted octanol–water partition coefficient (Wildman–Crippen LogP) is 6.64. The SMILES string of the molecule is Cc1cc(Br)c(O)c(C=Nc2ccc3oc(-c4ccc(C)c(C)c4)nc3c2)c1. The average molecular weight is 435 g/mol. The van der Waals surface area contributed by atoms with Gasteiger partial charge in [0.25, 0.3) is 0 Å². The number of aromatic nitrogens is 1. The summed E-state index contributed by atoms with van der Waals surface area (Å²) in [6.45, 7) is 6.13. The van der Waals surface area contributed by atoms with E-state index in [1.54, 1.807) is 6.21 Å². The van der Waals surface area contributed by atoms with Crippen molar-refractivity contribution in [2.75, 3.05) is 0 Å². The zero-order valence-corrected chi connectivity index (χ0v) is 17.4. The first kappa shape index (κ1) is 18.4. The minimum atomic E-state index is 0.175. The molecule has 0 saturated carbocycles. The van der Waals surface area contributed by atoms with Gasteiger partial charge < -0.3 is 9.52 Å². The summed E-state index contributed by atoms with van der Waals surface area (Å²) in [5.41, 5.74) is 7.30. The fraction of sp³-hybridized carbons (Fsp3) is 0.130. The van der Waals surface area contributed by atoms with Crippen molar-refractivity contribution in [3.63, 3.8) is 0 Å². The molecule has 1 heterocycles. The minimum absolute atomic E-state index is 0.175. The Hall–Kier alpha value is -2.92. The second-order valence-corrected chi connectivity index (χ2v) is 7.77. The van der Waals surface area contributed by atoms with Crippen molar-refractivity contribution in [1.82, 2.24) is 4.98 Å². The zero-order valence-electron chi connectivity index (χ0n) is 15.8. The molecule has 0 fully saturated rings. The van der Waals surface area contributed by atoms with Gasteiger partial charge in [0.1, 0.15) is 11.3 Å². The third kappa shape index (κ3) is 3.58. The van der Waals surface area contributed by atoms with Crippen molar-refractivity contribution in [1.29, 1.82) is 0 Å². The number of hydrogen-bond donors (Lipinski definition) is 1. The highest BCUT2D eigenvalue weighted by Crippen LogP contribution is 2.30. The van der Waals surface area contributed by atoms with Gasteiger partial charge in [0.05, 0.1) is 10.2 Å². The Bertz CT molecular complexity index is 1220. The highest BCUT2D eigenvalue weighted by atomic mass is 79.9. The van der Waals surface area contributed by atoms with E-state index in [0.29, 0.717) is 21.5 Å². The standard InChI is InChI=1S/C23H19BrN2O2/c1-13-8-17(22(27)19(24)9-13)12-25-18-6-7-21-20(11-18)26-23(28-21)16-5-4-14(2)15(3)10-16/h4-12,27H,1-3H3. The second kappa shape index (κ2) is 7.24. The van der Waals surface area contributed by atoms with Crippen LogP contribution in [-0.2, 0) is 0 Å². The van der Waals surface area contributed by atoms with E-state index in [4.69, 9.17) is 4.42 Å². The van der Waals surface area contributed by atoms with Crippen LogP contribution < -0.4 is 0 Å². The lowest BCUT2D eigenvalue weighted by Gasteiger charge is -2.03. The third-order valence-electron chi connectivity index (χ3n) is 4.71. The molecular weight excluding hydrogens is 416 g/mol. The molecule has 0 saturated heterocycles. The van der Waals surface area contributed by atoms with E-state index in [2.05, 4.69) is 51.9 Å². The fourth-order valence-electron chi connectivity index (χ4n) is 3.00. The van der Waals surface area contributed by atoms with Gasteiger partial charge in [0.2, 0.25) is 5.89 Å². The molecule has 0 unspecified atom stereocenters. The first-order chi connectivity index (χ1) is 13.4. The lowest BCUT2D eigenvalue weighted by Crippen LogP contribution is -1.86. The first-order valence-electron chi connectivity index (χ1n) is 8.92. The molecule has 1 aromatic heterocycles. The summed E-state index contributed by atoms with van der Waals surface area (Å²) in [5.74, 6) is 0.772. The van der Waals surface area contributed by atoms with Crippen LogP contribution in [0.4, 0.5) is 5.69 Å². The molecule has 3 aromatic carbocycles. The van der Waals surface area contributed by atoms with Gasteiger partial charge in [-0.15, -0.1) is 0 Å². The Morgan fingerprint density at radius 3 is 2.61 bits per heavy atom. The number of aromatic hydroxyl groups is 1. The molecule has 0 aliphatic carbocycles. The number of halogens is 1. The third-order valence-corrected chi connectivity index (χ3v) is 5.32. The maximum atomic E-state index is 10.2. The molecule has 0 spiro atoms. The van der Waals surface area contributed by atoms with Gasteiger partial charge in [-0.25, -0.2) is 4.98 Å². The molecule has 0 radical (unpaired) electrons. The van der Waals surface area contributed by atoms with Crippen LogP contribution in [0.15, 0.2) is 62.4 Å². The van der Waals surface area contributed by atoms with Crippen LogP contribution in [0.25, 0.3) is 22.6 Å². The van der Waals surface area contributed by atoms with Gasteiger partial charge >= 0.3 is 0 Å². The predicted molar refractivity (Wildman–Crippen MR) is 117 cm³/mol. The molecule has 1 N–H and O–H groups in total. The number of benzene rings is 3. The number of nitrogens with zero attached hydrogens (tertiary/aromatic N) is 2. The lowest BCUT2D eigenvalue weighted by atomic mass is 10.1. The number of aryl methyl sites for hydroxylation is 3. The maximum absolute atomic E-state index is 10.2. The molecular formula is C23H19BrN2O2. The van der Waals surface area contributed by atoms with Gasteiger partial charge in [-0.05, 0) is 95.9 Å². The molecule has 0 aliphatic rings. The Morgan fingerprint density at radius 1 is 1.00 bits per heavy atom. The highest BCUT2D eigenvalue weighted by Gasteiger charge is 2.10. The van der Waals surface area contributed by atoms with E-state index in [0.717, 1.165) is 22.3 Å². The molecule has 140 valence electrons. The van der Waals surface area contributed by atoms with E-state index >= 15 is 0 Å². The van der Waals surface area contributed by atoms with E-state index in [1.165, 1.54) is 11.1 Å². The van der Waals surface area contributed by atoms with E-state index in [-0.39, 0.29) is 5.75 Å². The number of hydrogen-bond acceptors (Lipinski definition) is 4. The van der Waals surface area contributed by atoms with E-state index in [1.807, 2.05) is 43.3 Å². The molecule has 0 bridgehead atoms. The van der Waals surface area contributed by atoms with Gasteiger partial charge in [-0.1, -0.05) is 6.07 Å². The molecule has 5 heteroatoms. The summed E-state index contributed by atoms with van der Waals surface area (Å²) >= 11 is 3.36. The van der Waals surface area contributed by atoms with E-state index in [9.17, 15) is 5.11 Å². The minimum Gasteiger partial charge on any atom is -0.506 e. The number of oxazole rings is 1. The molecule has 4 nitrogen and oxygen atoms in total. The van der Waals surface area contributed by atoms with Gasteiger partial charge in [-0.2, -0.15) is 0 Å². The summed E-state index contributed by atoms with van der Waals surface area (Å²) in [5, 5.41) is 10.2. The largest absolute Gasteiger partial charge is 0.506 e. The number of phenols is 1. The summed E-state index contributed by atoms with van der Waals surface area (Å²) in [4.78, 5) is 9.11. The maximum Gasteiger partial charge on any atom is 0.227 e. The van der Waals surface area contributed by atoms with Crippen molar-refractivity contribution >= 4 is 38.9 Å². The van der Waals surface area contributed by atoms with Crippen LogP contribution in [0.1, 0.15) is 22.3 Å². The van der Waals surface area contributed by atoms with Crippen LogP contribution >= 0.6 is 15.9 Å². The Labute approximate surface area is 171 Å². The van der Waals surface area contributed by atoms with Gasteiger partial charge in [0, 0.05) is 17.3 Å². The van der Waals surface area contributed by atoms with Crippen molar-refractivity contribution in [3.8, 4) is 17.2 Å². The smallest absolute Gasteiger partial charge is 0.227 e. The first-order valence-corrected chi connectivity index (χ1v) is 9.71. The highest BCUT2D eigenvalue weighted by molar-refractivity contribution is 9.10. The molecule has 4 aromatic rings. The molecule has 28 heavy (non-hydrogen) atoms. The Balaban J connectivity index is 1.68. The monoisotopic (exact) mass is 434 g/mol. The lowest BCUT2D eigenvalue weighted by molar-refractivity contribution is 0.471. The van der Waals surface area contributed by atoms with Crippen molar-refractivity contribution in [3.05, 3.63) is 75.3 Å². The average Bonchev–Trinajstić information content (AvgIpc) is 3.09. The van der Waals surface area contributed by atoms with Crippen LogP contribution in [-0.4, -0.2) is 16.3 Å². The molecule has 0 atom stereocenters. The molecule has 0 amide bonds. The molecule has 4 rings (SSSR count).